The highest BCUT2D eigenvalue weighted by molar-refractivity contribution is 5.84. The summed E-state index contributed by atoms with van der Waals surface area (Å²) in [6.45, 7) is 5.43. The molecule has 0 saturated heterocycles. The summed E-state index contributed by atoms with van der Waals surface area (Å²) in [7, 11) is 0. The lowest BCUT2D eigenvalue weighted by Gasteiger charge is -2.19. The van der Waals surface area contributed by atoms with E-state index in [2.05, 4.69) is 15.4 Å². The molecule has 0 aliphatic heterocycles. The van der Waals surface area contributed by atoms with Gasteiger partial charge in [-0.1, -0.05) is 0 Å². The van der Waals surface area contributed by atoms with Gasteiger partial charge in [0.25, 0.3) is 0 Å². The van der Waals surface area contributed by atoms with Crippen LogP contribution in [0.5, 0.6) is 0 Å². The molecule has 19 heavy (non-hydrogen) atoms. The van der Waals surface area contributed by atoms with Crippen molar-refractivity contribution in [2.24, 2.45) is 0 Å². The summed E-state index contributed by atoms with van der Waals surface area (Å²) >= 11 is 0. The topological polar surface area (TPSA) is 69.0 Å². The van der Waals surface area contributed by atoms with Crippen LogP contribution < -0.4 is 5.32 Å². The number of ether oxygens (including phenoxy) is 1. The fraction of sp³-hybridized carbons (Fsp3) is 0.308. The number of nitrogens with one attached hydrogen (secondary N) is 1. The van der Waals surface area contributed by atoms with Crippen LogP contribution in [-0.4, -0.2) is 26.5 Å². The van der Waals surface area contributed by atoms with Gasteiger partial charge in [0.2, 0.25) is 0 Å². The Labute approximate surface area is 111 Å². The molecule has 1 amide bonds. The average Bonchev–Trinajstić information content (AvgIpc) is 2.76. The summed E-state index contributed by atoms with van der Waals surface area (Å²) in [5.41, 5.74) is 0.863. The standard InChI is InChI=1S/C13H16N4O2/c1-13(2,3)19-12(18)16-10-7-15-17(9-10)11-5-4-6-14-8-11/h4-9H,1-3H3,(H,16,18). The largest absolute Gasteiger partial charge is 0.444 e. The first-order valence-electron chi connectivity index (χ1n) is 5.89. The maximum Gasteiger partial charge on any atom is 0.412 e. The normalized spacial score (nSPS) is 11.1. The van der Waals surface area contributed by atoms with Crippen LogP contribution in [0, 0.1) is 0 Å². The zero-order valence-corrected chi connectivity index (χ0v) is 11.1. The van der Waals surface area contributed by atoms with Gasteiger partial charge in [-0.2, -0.15) is 5.10 Å². The van der Waals surface area contributed by atoms with E-state index < -0.39 is 11.7 Å². The Kier molecular flexibility index (Phi) is 3.50. The predicted molar refractivity (Wildman–Crippen MR) is 71.2 cm³/mol. The first-order valence-corrected chi connectivity index (χ1v) is 5.89. The van der Waals surface area contributed by atoms with Crippen LogP contribution in [0.3, 0.4) is 0 Å². The molecule has 0 bridgehead atoms. The van der Waals surface area contributed by atoms with Crippen molar-refractivity contribution in [1.82, 2.24) is 14.8 Å². The minimum Gasteiger partial charge on any atom is -0.444 e. The van der Waals surface area contributed by atoms with Crippen LogP contribution in [0.1, 0.15) is 20.8 Å². The molecule has 0 saturated carbocycles. The third-order valence-electron chi connectivity index (χ3n) is 2.14. The van der Waals surface area contributed by atoms with Crippen LogP contribution >= 0.6 is 0 Å². The third-order valence-corrected chi connectivity index (χ3v) is 2.14. The van der Waals surface area contributed by atoms with Gasteiger partial charge in [-0.05, 0) is 32.9 Å². The molecule has 2 rings (SSSR count). The van der Waals surface area contributed by atoms with Crippen LogP contribution in [0.4, 0.5) is 10.5 Å². The summed E-state index contributed by atoms with van der Waals surface area (Å²) < 4.78 is 6.78. The van der Waals surface area contributed by atoms with E-state index in [1.165, 1.54) is 0 Å². The van der Waals surface area contributed by atoms with E-state index in [1.54, 1.807) is 29.5 Å². The van der Waals surface area contributed by atoms with Crippen molar-refractivity contribution < 1.29 is 9.53 Å². The van der Waals surface area contributed by atoms with Gasteiger partial charge in [-0.15, -0.1) is 0 Å². The summed E-state index contributed by atoms with van der Waals surface area (Å²) in [4.78, 5) is 15.6. The predicted octanol–water partition coefficient (Wildman–Crippen LogP) is 2.61. The molecule has 0 fully saturated rings. The monoisotopic (exact) mass is 260 g/mol. The van der Waals surface area contributed by atoms with Crippen LogP contribution in [0.25, 0.3) is 5.69 Å². The quantitative estimate of drug-likeness (QED) is 0.901. The minimum atomic E-state index is -0.524. The van der Waals surface area contributed by atoms with Crippen molar-refractivity contribution >= 4 is 11.8 Å². The van der Waals surface area contributed by atoms with Gasteiger partial charge >= 0.3 is 6.09 Å². The molecule has 0 aliphatic rings. The van der Waals surface area contributed by atoms with Crippen LogP contribution in [-0.2, 0) is 4.74 Å². The highest BCUT2D eigenvalue weighted by atomic mass is 16.6. The van der Waals surface area contributed by atoms with Gasteiger partial charge in [-0.3, -0.25) is 10.3 Å². The number of carbonyl (C=O) groups excluding carboxylic acids is 1. The number of anilines is 1. The van der Waals surface area contributed by atoms with Crippen molar-refractivity contribution in [3.8, 4) is 5.69 Å². The lowest BCUT2D eigenvalue weighted by molar-refractivity contribution is 0.0636. The molecule has 6 nitrogen and oxygen atoms in total. The Bertz CT molecular complexity index is 558. The summed E-state index contributed by atoms with van der Waals surface area (Å²) in [6.07, 6.45) is 6.12. The number of nitrogens with zero attached hydrogens (tertiary/aromatic N) is 3. The maximum absolute atomic E-state index is 11.6. The van der Waals surface area contributed by atoms with Crippen molar-refractivity contribution in [3.63, 3.8) is 0 Å². The second-order valence-electron chi connectivity index (χ2n) is 5.01. The van der Waals surface area contributed by atoms with Gasteiger partial charge in [0.05, 0.1) is 30.0 Å². The lowest BCUT2D eigenvalue weighted by atomic mass is 10.2. The van der Waals surface area contributed by atoms with Gasteiger partial charge in [0, 0.05) is 6.20 Å². The number of aromatic nitrogens is 3. The molecule has 0 radical (unpaired) electrons. The fourth-order valence-corrected chi connectivity index (χ4v) is 1.44. The summed E-state index contributed by atoms with van der Waals surface area (Å²) in [6, 6.07) is 3.69. The second-order valence-corrected chi connectivity index (χ2v) is 5.01. The molecule has 0 aliphatic carbocycles. The zero-order chi connectivity index (χ0) is 13.9. The van der Waals surface area contributed by atoms with Gasteiger partial charge in [0.15, 0.2) is 0 Å². The zero-order valence-electron chi connectivity index (χ0n) is 11.1. The highest BCUT2D eigenvalue weighted by Gasteiger charge is 2.16. The van der Waals surface area contributed by atoms with E-state index >= 15 is 0 Å². The Morgan fingerprint density at radius 1 is 1.37 bits per heavy atom. The first kappa shape index (κ1) is 13.1. The molecule has 0 spiro atoms. The molecule has 100 valence electrons. The number of carbonyl (C=O) groups is 1. The molecule has 0 aromatic carbocycles. The number of pyridine rings is 1. The average molecular weight is 260 g/mol. The molecule has 6 heteroatoms. The summed E-state index contributed by atoms with van der Waals surface area (Å²) in [5.74, 6) is 0. The van der Waals surface area contributed by atoms with Crippen LogP contribution in [0.15, 0.2) is 36.9 Å². The number of amides is 1. The first-order chi connectivity index (χ1) is 8.94. The highest BCUT2D eigenvalue weighted by Crippen LogP contribution is 2.13. The number of hydrogen-bond donors (Lipinski definition) is 1. The van der Waals surface area contributed by atoms with Gasteiger partial charge in [0.1, 0.15) is 5.60 Å². The number of rotatable bonds is 2. The molecule has 1 N–H and O–H groups in total. The smallest absolute Gasteiger partial charge is 0.412 e. The molecule has 2 aromatic heterocycles. The molecular formula is C13H16N4O2. The van der Waals surface area contributed by atoms with Crippen LogP contribution in [0.2, 0.25) is 0 Å². The van der Waals surface area contributed by atoms with Crippen molar-refractivity contribution in [1.29, 1.82) is 0 Å². The SMILES string of the molecule is CC(C)(C)OC(=O)Nc1cnn(-c2cccnc2)c1. The Morgan fingerprint density at radius 2 is 2.16 bits per heavy atom. The van der Waals surface area contributed by atoms with E-state index in [0.29, 0.717) is 5.69 Å². The molecule has 2 heterocycles. The number of hydrogen-bond acceptors (Lipinski definition) is 4. The minimum absolute atomic E-state index is 0.502. The molecule has 2 aromatic rings. The maximum atomic E-state index is 11.6. The van der Waals surface area contributed by atoms with E-state index in [9.17, 15) is 4.79 Å². The van der Waals surface area contributed by atoms with E-state index in [4.69, 9.17) is 4.74 Å². The van der Waals surface area contributed by atoms with Crippen molar-refractivity contribution in [2.45, 2.75) is 26.4 Å². The molecule has 0 unspecified atom stereocenters. The van der Waals surface area contributed by atoms with Crippen molar-refractivity contribution in [3.05, 3.63) is 36.9 Å². The summed E-state index contributed by atoms with van der Waals surface area (Å²) in [5, 5.41) is 6.77. The Morgan fingerprint density at radius 3 is 2.79 bits per heavy atom. The molecule has 0 atom stereocenters. The molecular weight excluding hydrogens is 244 g/mol. The van der Waals surface area contributed by atoms with E-state index in [0.717, 1.165) is 5.69 Å². The Balaban J connectivity index is 2.04. The van der Waals surface area contributed by atoms with E-state index in [1.807, 2.05) is 32.9 Å². The third kappa shape index (κ3) is 3.80. The fourth-order valence-electron chi connectivity index (χ4n) is 1.44. The van der Waals surface area contributed by atoms with Gasteiger partial charge < -0.3 is 4.74 Å². The van der Waals surface area contributed by atoms with Gasteiger partial charge in [-0.25, -0.2) is 9.48 Å². The second kappa shape index (κ2) is 5.09. The Hall–Kier alpha value is -2.37. The van der Waals surface area contributed by atoms with Crippen molar-refractivity contribution in [2.75, 3.05) is 5.32 Å². The lowest BCUT2D eigenvalue weighted by Crippen LogP contribution is -2.27. The van der Waals surface area contributed by atoms with E-state index in [-0.39, 0.29) is 0 Å².